The van der Waals surface area contributed by atoms with Crippen LogP contribution in [0.25, 0.3) is 0 Å². The van der Waals surface area contributed by atoms with Crippen LogP contribution in [0.4, 0.5) is 13.2 Å². The Balaban J connectivity index is 1.68. The summed E-state index contributed by atoms with van der Waals surface area (Å²) in [5, 5.41) is 22.8. The van der Waals surface area contributed by atoms with Gasteiger partial charge in [-0.2, -0.15) is 13.2 Å². The van der Waals surface area contributed by atoms with Gasteiger partial charge in [0.15, 0.2) is 6.61 Å². The Morgan fingerprint density at radius 1 is 1.18 bits per heavy atom. The summed E-state index contributed by atoms with van der Waals surface area (Å²) in [5.41, 5.74) is -0.648. The number of carbonyl (C=O) groups excluding carboxylic acids is 1. The second-order valence-electron chi connectivity index (χ2n) is 6.57. The van der Waals surface area contributed by atoms with Crippen molar-refractivity contribution >= 4 is 5.91 Å². The van der Waals surface area contributed by atoms with Crippen molar-refractivity contribution in [3.05, 3.63) is 59.9 Å². The van der Waals surface area contributed by atoms with E-state index in [0.717, 1.165) is 12.3 Å². The molecule has 3 rings (SSSR count). The number of amides is 1. The van der Waals surface area contributed by atoms with Crippen molar-refractivity contribution in [2.24, 2.45) is 0 Å². The molecule has 2 aromatic rings. The van der Waals surface area contributed by atoms with E-state index in [9.17, 15) is 28.2 Å². The highest BCUT2D eigenvalue weighted by Gasteiger charge is 2.43. The second-order valence-corrected chi connectivity index (χ2v) is 6.57. The Morgan fingerprint density at radius 3 is 2.50 bits per heavy atom. The lowest BCUT2D eigenvalue weighted by molar-refractivity contribution is -0.141. The third-order valence-electron chi connectivity index (χ3n) is 4.64. The molecule has 6 nitrogen and oxygen atoms in total. The van der Waals surface area contributed by atoms with Crippen LogP contribution in [0.5, 0.6) is 5.75 Å². The van der Waals surface area contributed by atoms with E-state index < -0.39 is 41.9 Å². The van der Waals surface area contributed by atoms with Gasteiger partial charge in [0.05, 0.1) is 12.1 Å². The van der Waals surface area contributed by atoms with Crippen molar-refractivity contribution in [3.8, 4) is 5.75 Å². The number of aromatic nitrogens is 1. The fraction of sp³-hybridized carbons (Fsp3) is 0.368. The molecule has 3 N–H and O–H groups in total. The van der Waals surface area contributed by atoms with E-state index in [0.29, 0.717) is 11.3 Å². The number of halogens is 3. The molecule has 28 heavy (non-hydrogen) atoms. The summed E-state index contributed by atoms with van der Waals surface area (Å²) in [4.78, 5) is 15.6. The Hall–Kier alpha value is -2.65. The van der Waals surface area contributed by atoms with Gasteiger partial charge in [-0.3, -0.25) is 9.78 Å². The molecule has 0 radical (unpaired) electrons. The van der Waals surface area contributed by atoms with Gasteiger partial charge >= 0.3 is 6.18 Å². The minimum Gasteiger partial charge on any atom is -0.484 e. The number of rotatable bonds is 5. The first-order chi connectivity index (χ1) is 13.3. The molecule has 0 bridgehead atoms. The second kappa shape index (κ2) is 8.15. The molecule has 1 amide bonds. The summed E-state index contributed by atoms with van der Waals surface area (Å²) in [7, 11) is 0. The number of hydrogen-bond donors (Lipinski definition) is 3. The van der Waals surface area contributed by atoms with E-state index in [4.69, 9.17) is 4.74 Å². The summed E-state index contributed by atoms with van der Waals surface area (Å²) >= 11 is 0. The number of nitrogens with one attached hydrogen (secondary N) is 1. The average Bonchev–Trinajstić information content (AvgIpc) is 2.95. The van der Waals surface area contributed by atoms with Crippen LogP contribution in [-0.2, 0) is 11.0 Å². The molecule has 4 unspecified atom stereocenters. The maximum Gasteiger partial charge on any atom is 0.433 e. The van der Waals surface area contributed by atoms with Gasteiger partial charge in [-0.25, -0.2) is 0 Å². The number of para-hydroxylation sites is 1. The molecule has 1 aliphatic carbocycles. The summed E-state index contributed by atoms with van der Waals surface area (Å²) in [6.07, 6.45) is -5.80. The van der Waals surface area contributed by atoms with E-state index in [2.05, 4.69) is 10.3 Å². The molecular weight excluding hydrogens is 377 g/mol. The van der Waals surface area contributed by atoms with Crippen LogP contribution in [-0.4, -0.2) is 46.0 Å². The van der Waals surface area contributed by atoms with Crippen LogP contribution in [0.2, 0.25) is 0 Å². The van der Waals surface area contributed by atoms with Crippen molar-refractivity contribution in [1.29, 1.82) is 0 Å². The van der Waals surface area contributed by atoms with E-state index in [1.54, 1.807) is 30.3 Å². The number of hydrogen-bond acceptors (Lipinski definition) is 5. The number of benzene rings is 1. The highest BCUT2D eigenvalue weighted by molar-refractivity contribution is 5.78. The number of aliphatic hydroxyl groups excluding tert-OH is 2. The van der Waals surface area contributed by atoms with Crippen LogP contribution in [0.3, 0.4) is 0 Å². The van der Waals surface area contributed by atoms with Gasteiger partial charge in [-0.05, 0) is 30.2 Å². The molecule has 1 aromatic heterocycles. The average molecular weight is 396 g/mol. The fourth-order valence-corrected chi connectivity index (χ4v) is 3.24. The lowest BCUT2D eigenvalue weighted by atomic mass is 9.94. The van der Waals surface area contributed by atoms with E-state index in [1.807, 2.05) is 0 Å². The molecule has 1 heterocycles. The van der Waals surface area contributed by atoms with Crippen LogP contribution in [0, 0.1) is 0 Å². The van der Waals surface area contributed by atoms with Crippen molar-refractivity contribution in [2.45, 2.75) is 36.8 Å². The van der Waals surface area contributed by atoms with Crippen LogP contribution in [0.15, 0.2) is 48.7 Å². The minimum atomic E-state index is -4.56. The number of pyridine rings is 1. The summed E-state index contributed by atoms with van der Waals surface area (Å²) in [6, 6.07) is 9.85. The molecule has 9 heteroatoms. The molecule has 0 aliphatic heterocycles. The first-order valence-corrected chi connectivity index (χ1v) is 8.62. The van der Waals surface area contributed by atoms with Crippen molar-refractivity contribution in [1.82, 2.24) is 10.3 Å². The Labute approximate surface area is 159 Å². The Kier molecular flexibility index (Phi) is 5.85. The SMILES string of the molecule is O=C(COc1ccccc1)NC1C(c2ccc(C(F)(F)F)nc2)CC(O)C1O. The van der Waals surface area contributed by atoms with E-state index in [-0.39, 0.29) is 13.0 Å². The molecule has 1 aliphatic rings. The zero-order valence-corrected chi connectivity index (χ0v) is 14.6. The normalized spacial score (nSPS) is 24.8. The smallest absolute Gasteiger partial charge is 0.433 e. The third-order valence-corrected chi connectivity index (χ3v) is 4.64. The van der Waals surface area contributed by atoms with Crippen molar-refractivity contribution in [2.75, 3.05) is 6.61 Å². The van der Waals surface area contributed by atoms with E-state index >= 15 is 0 Å². The first-order valence-electron chi connectivity index (χ1n) is 8.62. The van der Waals surface area contributed by atoms with Gasteiger partial charge in [0.25, 0.3) is 5.91 Å². The standard InChI is InChI=1S/C19H19F3N2O4/c20-19(21,22)15-7-6-11(9-23-15)13-8-14(25)18(27)17(13)24-16(26)10-28-12-4-2-1-3-5-12/h1-7,9,13-14,17-18,25,27H,8,10H2,(H,24,26). The molecule has 1 aromatic carbocycles. The van der Waals surface area contributed by atoms with Crippen LogP contribution >= 0.6 is 0 Å². The fourth-order valence-electron chi connectivity index (χ4n) is 3.24. The summed E-state index contributed by atoms with van der Waals surface area (Å²) in [6.45, 7) is -0.304. The maximum atomic E-state index is 12.7. The zero-order chi connectivity index (χ0) is 20.3. The predicted molar refractivity (Wildman–Crippen MR) is 92.5 cm³/mol. The van der Waals surface area contributed by atoms with Gasteiger partial charge in [0.2, 0.25) is 0 Å². The van der Waals surface area contributed by atoms with Crippen molar-refractivity contribution < 1.29 is 32.9 Å². The number of carbonyl (C=O) groups is 1. The van der Waals surface area contributed by atoms with Crippen LogP contribution in [0.1, 0.15) is 23.6 Å². The lowest BCUT2D eigenvalue weighted by Crippen LogP contribution is -2.46. The quantitative estimate of drug-likeness (QED) is 0.718. The molecule has 1 saturated carbocycles. The monoisotopic (exact) mass is 396 g/mol. The highest BCUT2D eigenvalue weighted by atomic mass is 19.4. The molecule has 1 fully saturated rings. The summed E-state index contributed by atoms with van der Waals surface area (Å²) < 4.78 is 43.4. The van der Waals surface area contributed by atoms with Gasteiger partial charge in [0, 0.05) is 12.1 Å². The largest absolute Gasteiger partial charge is 0.484 e. The van der Waals surface area contributed by atoms with Gasteiger partial charge in [-0.1, -0.05) is 24.3 Å². The Morgan fingerprint density at radius 2 is 1.89 bits per heavy atom. The van der Waals surface area contributed by atoms with Crippen LogP contribution < -0.4 is 10.1 Å². The Bertz CT molecular complexity index is 799. The number of ether oxygens (including phenoxy) is 1. The van der Waals surface area contributed by atoms with Gasteiger partial charge in [-0.15, -0.1) is 0 Å². The lowest BCUT2D eigenvalue weighted by Gasteiger charge is -2.24. The maximum absolute atomic E-state index is 12.7. The van der Waals surface area contributed by atoms with Gasteiger partial charge < -0.3 is 20.3 Å². The molecule has 0 saturated heterocycles. The first kappa shape index (κ1) is 20.1. The van der Waals surface area contributed by atoms with Gasteiger partial charge in [0.1, 0.15) is 17.5 Å². The summed E-state index contributed by atoms with van der Waals surface area (Å²) in [5.74, 6) is -0.611. The van der Waals surface area contributed by atoms with E-state index in [1.165, 1.54) is 6.07 Å². The number of alkyl halides is 3. The molecule has 150 valence electrons. The molecule has 4 atom stereocenters. The molecular formula is C19H19F3N2O4. The predicted octanol–water partition coefficient (Wildman–Crippen LogP) is 1.87. The zero-order valence-electron chi connectivity index (χ0n) is 14.6. The number of nitrogens with zero attached hydrogens (tertiary/aromatic N) is 1. The third kappa shape index (κ3) is 4.60. The minimum absolute atomic E-state index is 0.0820. The highest BCUT2D eigenvalue weighted by Crippen LogP contribution is 2.36. The molecule has 0 spiro atoms. The van der Waals surface area contributed by atoms with Crippen molar-refractivity contribution in [3.63, 3.8) is 0 Å². The number of aliphatic hydroxyl groups is 2. The topological polar surface area (TPSA) is 91.7 Å².